The molecule has 1 saturated heterocycles. The Morgan fingerprint density at radius 2 is 1.93 bits per heavy atom. The number of nitrogens with one attached hydrogen (secondary N) is 1. The quantitative estimate of drug-likeness (QED) is 0.658. The Bertz CT molecular complexity index is 1090. The van der Waals surface area contributed by atoms with E-state index in [9.17, 15) is 9.59 Å². The zero-order valence-electron chi connectivity index (χ0n) is 15.3. The summed E-state index contributed by atoms with van der Waals surface area (Å²) in [7, 11) is 1.70. The lowest BCUT2D eigenvalue weighted by molar-refractivity contribution is 0.208. The third kappa shape index (κ3) is 3.57. The van der Waals surface area contributed by atoms with Crippen LogP contribution < -0.4 is 15.8 Å². The number of urea groups is 1. The average molecular weight is 443 g/mol. The summed E-state index contributed by atoms with van der Waals surface area (Å²) < 4.78 is 2.42. The first-order valence-corrected chi connectivity index (χ1v) is 9.70. The predicted octanol–water partition coefficient (Wildman–Crippen LogP) is 2.45. The lowest BCUT2D eigenvalue weighted by atomic mass is 10.3. The maximum Gasteiger partial charge on any atom is 0.321 e. The number of hydrogen-bond acceptors (Lipinski definition) is 5. The van der Waals surface area contributed by atoms with Crippen molar-refractivity contribution in [2.75, 3.05) is 36.4 Å². The normalized spacial score (nSPS) is 14.4. The van der Waals surface area contributed by atoms with Gasteiger partial charge in [-0.25, -0.2) is 14.8 Å². The molecule has 4 rings (SSSR count). The van der Waals surface area contributed by atoms with Crippen molar-refractivity contribution < 1.29 is 4.79 Å². The van der Waals surface area contributed by atoms with Gasteiger partial charge in [0.2, 0.25) is 0 Å². The molecule has 1 aromatic carbocycles. The molecule has 1 N–H and O–H groups in total. The first-order chi connectivity index (χ1) is 13.5. The van der Waals surface area contributed by atoms with E-state index in [-0.39, 0.29) is 11.6 Å². The molecule has 8 nitrogen and oxygen atoms in total. The highest BCUT2D eigenvalue weighted by molar-refractivity contribution is 9.10. The van der Waals surface area contributed by atoms with Crippen LogP contribution in [0.1, 0.15) is 0 Å². The van der Waals surface area contributed by atoms with Gasteiger partial charge in [0.1, 0.15) is 5.52 Å². The van der Waals surface area contributed by atoms with Crippen molar-refractivity contribution in [1.82, 2.24) is 19.4 Å². The van der Waals surface area contributed by atoms with Crippen LogP contribution in [-0.4, -0.2) is 51.6 Å². The van der Waals surface area contributed by atoms with E-state index < -0.39 is 0 Å². The largest absolute Gasteiger partial charge is 0.348 e. The molecule has 144 valence electrons. The van der Waals surface area contributed by atoms with Crippen LogP contribution in [0.4, 0.5) is 16.3 Å². The number of aromatic nitrogens is 3. The van der Waals surface area contributed by atoms with Gasteiger partial charge in [-0.1, -0.05) is 22.0 Å². The molecule has 1 aliphatic rings. The third-order valence-electron chi connectivity index (χ3n) is 4.75. The minimum Gasteiger partial charge on any atom is -0.348 e. The molecule has 1 fully saturated rings. The van der Waals surface area contributed by atoms with Crippen LogP contribution in [0.2, 0.25) is 0 Å². The number of piperazine rings is 1. The van der Waals surface area contributed by atoms with E-state index in [1.165, 1.54) is 4.57 Å². The van der Waals surface area contributed by atoms with Gasteiger partial charge in [0.25, 0.3) is 5.56 Å². The maximum absolute atomic E-state index is 12.7. The van der Waals surface area contributed by atoms with E-state index in [1.807, 2.05) is 35.2 Å². The molecule has 0 aliphatic carbocycles. The highest BCUT2D eigenvalue weighted by Gasteiger charge is 2.24. The molecular formula is C19H19BrN6O2. The first kappa shape index (κ1) is 18.4. The molecule has 9 heteroatoms. The Hall–Kier alpha value is -2.94. The van der Waals surface area contributed by atoms with Gasteiger partial charge in [-0.15, -0.1) is 0 Å². The number of carbonyl (C=O) groups is 1. The second kappa shape index (κ2) is 7.59. The molecular weight excluding hydrogens is 424 g/mol. The van der Waals surface area contributed by atoms with Gasteiger partial charge in [-0.05, 0) is 30.3 Å². The first-order valence-electron chi connectivity index (χ1n) is 8.91. The van der Waals surface area contributed by atoms with Crippen molar-refractivity contribution in [3.63, 3.8) is 0 Å². The minimum absolute atomic E-state index is 0.152. The summed E-state index contributed by atoms with van der Waals surface area (Å²) >= 11 is 3.40. The number of rotatable bonds is 2. The fourth-order valence-electron chi connectivity index (χ4n) is 3.24. The summed E-state index contributed by atoms with van der Waals surface area (Å²) in [6.07, 6.45) is 1.64. The molecule has 3 aromatic rings. The number of aryl methyl sites for hydroxylation is 1. The minimum atomic E-state index is -0.182. The molecule has 3 heterocycles. The number of pyridine rings is 1. The Morgan fingerprint density at radius 1 is 1.14 bits per heavy atom. The van der Waals surface area contributed by atoms with Gasteiger partial charge in [0.15, 0.2) is 11.5 Å². The summed E-state index contributed by atoms with van der Waals surface area (Å²) in [6.45, 7) is 2.10. The number of anilines is 2. The van der Waals surface area contributed by atoms with Crippen molar-refractivity contribution in [3.8, 4) is 0 Å². The van der Waals surface area contributed by atoms with Gasteiger partial charge in [0, 0.05) is 49.6 Å². The lowest BCUT2D eigenvalue weighted by Gasteiger charge is -2.35. The Morgan fingerprint density at radius 3 is 2.68 bits per heavy atom. The van der Waals surface area contributed by atoms with E-state index in [2.05, 4.69) is 31.2 Å². The number of carbonyl (C=O) groups excluding carboxylic acids is 1. The Labute approximate surface area is 169 Å². The van der Waals surface area contributed by atoms with Gasteiger partial charge in [-0.2, -0.15) is 0 Å². The molecule has 0 spiro atoms. The highest BCUT2D eigenvalue weighted by Crippen LogP contribution is 2.17. The monoisotopic (exact) mass is 442 g/mol. The molecule has 2 amide bonds. The van der Waals surface area contributed by atoms with Gasteiger partial charge >= 0.3 is 6.03 Å². The zero-order chi connectivity index (χ0) is 19.7. The van der Waals surface area contributed by atoms with Crippen molar-refractivity contribution >= 4 is 44.6 Å². The second-order valence-electron chi connectivity index (χ2n) is 6.56. The lowest BCUT2D eigenvalue weighted by Crippen LogP contribution is -2.51. The van der Waals surface area contributed by atoms with Crippen LogP contribution in [0, 0.1) is 0 Å². The number of benzene rings is 1. The molecule has 0 atom stereocenters. The standard InChI is InChI=1S/C19H19BrN6O2/c1-24-16-15(6-3-7-21-16)23-17(18(24)27)25-8-10-26(11-9-25)19(28)22-14-5-2-4-13(20)12-14/h2-7,12H,8-11H2,1H3,(H,22,28). The third-order valence-corrected chi connectivity index (χ3v) is 5.24. The number of halogens is 1. The van der Waals surface area contributed by atoms with E-state index in [4.69, 9.17) is 0 Å². The maximum atomic E-state index is 12.7. The Balaban J connectivity index is 1.47. The molecule has 0 unspecified atom stereocenters. The van der Waals surface area contributed by atoms with Crippen molar-refractivity contribution in [1.29, 1.82) is 0 Å². The van der Waals surface area contributed by atoms with Crippen LogP contribution >= 0.6 is 15.9 Å². The van der Waals surface area contributed by atoms with Crippen molar-refractivity contribution in [2.45, 2.75) is 0 Å². The number of amides is 2. The fraction of sp³-hybridized carbons (Fsp3) is 0.263. The molecule has 0 radical (unpaired) electrons. The van der Waals surface area contributed by atoms with Gasteiger partial charge < -0.3 is 15.1 Å². The predicted molar refractivity (Wildman–Crippen MR) is 112 cm³/mol. The summed E-state index contributed by atoms with van der Waals surface area (Å²) in [5.74, 6) is 0.398. The zero-order valence-corrected chi connectivity index (χ0v) is 16.9. The summed E-state index contributed by atoms with van der Waals surface area (Å²) in [5.41, 5.74) is 1.79. The van der Waals surface area contributed by atoms with Crippen molar-refractivity contribution in [2.24, 2.45) is 7.05 Å². The highest BCUT2D eigenvalue weighted by atomic mass is 79.9. The number of hydrogen-bond donors (Lipinski definition) is 1. The molecule has 0 bridgehead atoms. The molecule has 28 heavy (non-hydrogen) atoms. The Kier molecular flexibility index (Phi) is 4.99. The van der Waals surface area contributed by atoms with Crippen LogP contribution in [0.15, 0.2) is 51.9 Å². The fourth-order valence-corrected chi connectivity index (χ4v) is 3.64. The van der Waals surface area contributed by atoms with Crippen LogP contribution in [0.3, 0.4) is 0 Å². The second-order valence-corrected chi connectivity index (χ2v) is 7.48. The average Bonchev–Trinajstić information content (AvgIpc) is 2.71. The van der Waals surface area contributed by atoms with Crippen LogP contribution in [-0.2, 0) is 7.05 Å². The van der Waals surface area contributed by atoms with E-state index in [0.717, 1.165) is 10.2 Å². The van der Waals surface area contributed by atoms with Crippen molar-refractivity contribution in [3.05, 3.63) is 57.4 Å². The van der Waals surface area contributed by atoms with E-state index in [0.29, 0.717) is 43.2 Å². The smallest absolute Gasteiger partial charge is 0.321 e. The van der Waals surface area contributed by atoms with Gasteiger partial charge in [0.05, 0.1) is 0 Å². The number of fused-ring (bicyclic) bond motifs is 1. The van der Waals surface area contributed by atoms with Gasteiger partial charge in [-0.3, -0.25) is 9.36 Å². The molecule has 1 aliphatic heterocycles. The number of nitrogens with zero attached hydrogens (tertiary/aromatic N) is 5. The summed E-state index contributed by atoms with van der Waals surface area (Å²) in [4.78, 5) is 37.6. The van der Waals surface area contributed by atoms with E-state index >= 15 is 0 Å². The topological polar surface area (TPSA) is 83.4 Å². The summed E-state index contributed by atoms with van der Waals surface area (Å²) in [5, 5.41) is 2.90. The van der Waals surface area contributed by atoms with Crippen LogP contribution in [0.25, 0.3) is 11.2 Å². The van der Waals surface area contributed by atoms with Crippen LogP contribution in [0.5, 0.6) is 0 Å². The SMILES string of the molecule is Cn1c(=O)c(N2CCN(C(=O)Nc3cccc(Br)c3)CC2)nc2cccnc21. The summed E-state index contributed by atoms with van der Waals surface area (Å²) in [6, 6.07) is 11.0. The molecule has 2 aromatic heterocycles. The molecule has 0 saturated carbocycles. The van der Waals surface area contributed by atoms with E-state index in [1.54, 1.807) is 24.2 Å².